The summed E-state index contributed by atoms with van der Waals surface area (Å²) in [5, 5.41) is 0. The molecule has 0 amide bonds. The highest BCUT2D eigenvalue weighted by Gasteiger charge is 2.39. The van der Waals surface area contributed by atoms with E-state index in [9.17, 15) is 13.7 Å². The lowest BCUT2D eigenvalue weighted by molar-refractivity contribution is 0.340. The summed E-state index contributed by atoms with van der Waals surface area (Å²) in [6, 6.07) is 0. The molecule has 12 heteroatoms. The lowest BCUT2D eigenvalue weighted by Crippen LogP contribution is -2.19. The van der Waals surface area contributed by atoms with Crippen molar-refractivity contribution in [2.75, 3.05) is 12.3 Å². The van der Waals surface area contributed by atoms with Gasteiger partial charge in [0.25, 0.3) is 0 Å². The number of rotatable bonds is 5. The minimum absolute atomic E-state index is 1.26. The van der Waals surface area contributed by atoms with E-state index in [4.69, 9.17) is 29.4 Å². The van der Waals surface area contributed by atoms with Crippen molar-refractivity contribution in [2.24, 2.45) is 0 Å². The highest BCUT2D eigenvalue weighted by molar-refractivity contribution is 7.59. The van der Waals surface area contributed by atoms with E-state index >= 15 is 0 Å². The summed E-state index contributed by atoms with van der Waals surface area (Å²) in [6.45, 7) is 0. The Morgan fingerprint density at radius 1 is 0.733 bits per heavy atom. The summed E-state index contributed by atoms with van der Waals surface area (Å²) in [5.74, 6) is 0. The van der Waals surface area contributed by atoms with Crippen LogP contribution in [-0.2, 0) is 13.7 Å². The summed E-state index contributed by atoms with van der Waals surface area (Å²) in [5.41, 5.74) is -2.04. The largest absolute Gasteiger partial charge is 0.329 e. The van der Waals surface area contributed by atoms with E-state index in [1.807, 2.05) is 0 Å². The molecule has 0 radical (unpaired) electrons. The topological polar surface area (TPSA) is 173 Å². The van der Waals surface area contributed by atoms with Crippen molar-refractivity contribution in [3.05, 3.63) is 0 Å². The molecule has 0 aliphatic heterocycles. The predicted molar refractivity (Wildman–Crippen MR) is 49.7 cm³/mol. The van der Waals surface area contributed by atoms with Crippen LogP contribution in [0, 0.1) is 0 Å². The van der Waals surface area contributed by atoms with Crippen LogP contribution in [-0.4, -0.2) is 47.3 Å². The molecule has 6 N–H and O–H groups in total. The van der Waals surface area contributed by atoms with Gasteiger partial charge in [0.15, 0.2) is 0 Å². The van der Waals surface area contributed by atoms with Crippen LogP contribution in [0.1, 0.15) is 0 Å². The van der Waals surface area contributed by atoms with Gasteiger partial charge in [-0.25, -0.2) is 0 Å². The van der Waals surface area contributed by atoms with Gasteiger partial charge in [0, 0.05) is 0 Å². The smallest absolute Gasteiger partial charge is 0.324 e. The Labute approximate surface area is 84.6 Å². The van der Waals surface area contributed by atoms with Crippen molar-refractivity contribution >= 4 is 22.8 Å². The van der Waals surface area contributed by atoms with Crippen LogP contribution in [0.25, 0.3) is 0 Å². The zero-order valence-electron chi connectivity index (χ0n) is 7.24. The van der Waals surface area contributed by atoms with Crippen molar-refractivity contribution in [3.8, 4) is 0 Å². The van der Waals surface area contributed by atoms with Gasteiger partial charge in [-0.15, -0.1) is 0 Å². The minimum Gasteiger partial charge on any atom is -0.324 e. The van der Waals surface area contributed by atoms with E-state index in [0.717, 1.165) is 0 Å². The molecule has 0 aromatic heterocycles. The third-order valence-electron chi connectivity index (χ3n) is 1.37. The lowest BCUT2D eigenvalue weighted by Gasteiger charge is -2.19. The van der Waals surface area contributed by atoms with Gasteiger partial charge in [0.05, 0.1) is 18.0 Å². The molecule has 9 nitrogen and oxygen atoms in total. The van der Waals surface area contributed by atoms with Crippen molar-refractivity contribution in [2.45, 2.75) is 5.66 Å². The third-order valence-corrected chi connectivity index (χ3v) is 5.10. The molecule has 0 rings (SSSR count). The van der Waals surface area contributed by atoms with Gasteiger partial charge in [0.2, 0.25) is 0 Å². The quantitative estimate of drug-likeness (QED) is 0.342. The first-order chi connectivity index (χ1) is 6.31. The molecule has 0 saturated carbocycles. The van der Waals surface area contributed by atoms with Gasteiger partial charge < -0.3 is 29.4 Å². The van der Waals surface area contributed by atoms with Crippen LogP contribution < -0.4 is 0 Å². The Morgan fingerprint density at radius 2 is 1.00 bits per heavy atom. The monoisotopic (exact) mass is 284 g/mol. The fourth-order valence-corrected chi connectivity index (χ4v) is 5.36. The van der Waals surface area contributed by atoms with E-state index in [-0.39, 0.29) is 0 Å². The predicted octanol–water partition coefficient (Wildman–Crippen LogP) is -1.11. The molecule has 0 aromatic carbocycles. The van der Waals surface area contributed by atoms with E-state index < -0.39 is 40.8 Å². The second-order valence-corrected chi connectivity index (χ2v) is 8.23. The maximum atomic E-state index is 10.7. The molecule has 0 saturated heterocycles. The molecule has 0 atom stereocenters. The van der Waals surface area contributed by atoms with Gasteiger partial charge >= 0.3 is 22.8 Å². The molecular formula is C3H11O9P3. The van der Waals surface area contributed by atoms with Gasteiger partial charge in [0.1, 0.15) is 0 Å². The first-order valence-corrected chi connectivity index (χ1v) is 8.73. The van der Waals surface area contributed by atoms with Gasteiger partial charge in [-0.3, -0.25) is 13.7 Å². The highest BCUT2D eigenvalue weighted by atomic mass is 31.2. The Hall–Kier alpha value is 0.450. The standard InChI is InChI=1S/C3H11O9P3/c4-13(5,6)1-3(15(10,11)12)2-14(7,8)9/h3H,1-2H2,(H2,4,5,6)(H2,7,8,9)(H2,10,11,12). The SMILES string of the molecule is O=P(O)(O)CC(CP(=O)(O)O)P(=O)(O)O. The van der Waals surface area contributed by atoms with Crippen LogP contribution >= 0.6 is 22.8 Å². The summed E-state index contributed by atoms with van der Waals surface area (Å²) in [6.07, 6.45) is -2.52. The van der Waals surface area contributed by atoms with Crippen molar-refractivity contribution < 1.29 is 43.1 Å². The Kier molecular flexibility index (Phi) is 4.90. The first kappa shape index (κ1) is 15.4. The summed E-state index contributed by atoms with van der Waals surface area (Å²) in [4.78, 5) is 51.1. The fourth-order valence-electron chi connectivity index (χ4n) is 0.820. The second-order valence-electron chi connectivity index (χ2n) is 2.94. The fraction of sp³-hybridized carbons (Fsp3) is 1.00. The molecule has 0 aliphatic carbocycles. The first-order valence-electron chi connectivity index (χ1n) is 3.45. The van der Waals surface area contributed by atoms with E-state index in [1.165, 1.54) is 0 Å². The van der Waals surface area contributed by atoms with Crippen LogP contribution in [0.3, 0.4) is 0 Å². The average molecular weight is 284 g/mol. The molecule has 92 valence electrons. The molecule has 0 bridgehead atoms. The van der Waals surface area contributed by atoms with E-state index in [0.29, 0.717) is 0 Å². The molecule has 0 aromatic rings. The Bertz CT molecular complexity index is 320. The van der Waals surface area contributed by atoms with Crippen molar-refractivity contribution in [3.63, 3.8) is 0 Å². The van der Waals surface area contributed by atoms with Crippen LogP contribution in [0.5, 0.6) is 0 Å². The van der Waals surface area contributed by atoms with Gasteiger partial charge in [-0.2, -0.15) is 0 Å². The molecule has 0 fully saturated rings. The number of hydrogen-bond donors (Lipinski definition) is 6. The van der Waals surface area contributed by atoms with E-state index in [2.05, 4.69) is 0 Å². The molecule has 0 heterocycles. The number of hydrogen-bond acceptors (Lipinski definition) is 3. The highest BCUT2D eigenvalue weighted by Crippen LogP contribution is 2.53. The maximum absolute atomic E-state index is 10.7. The zero-order chi connectivity index (χ0) is 12.5. The Balaban J connectivity index is 4.86. The van der Waals surface area contributed by atoms with Gasteiger partial charge in [-0.1, -0.05) is 0 Å². The normalized spacial score (nSPS) is 14.6. The third kappa shape index (κ3) is 8.28. The van der Waals surface area contributed by atoms with Crippen molar-refractivity contribution in [1.82, 2.24) is 0 Å². The van der Waals surface area contributed by atoms with Crippen molar-refractivity contribution in [1.29, 1.82) is 0 Å². The molecule has 0 unspecified atom stereocenters. The molecular weight excluding hydrogens is 273 g/mol. The average Bonchev–Trinajstić information content (AvgIpc) is 1.75. The second kappa shape index (κ2) is 4.75. The van der Waals surface area contributed by atoms with Crippen LogP contribution in [0.4, 0.5) is 0 Å². The lowest BCUT2D eigenvalue weighted by atomic mass is 10.5. The molecule has 0 spiro atoms. The molecule has 15 heavy (non-hydrogen) atoms. The van der Waals surface area contributed by atoms with Gasteiger partial charge in [-0.05, 0) is 0 Å². The maximum Gasteiger partial charge on any atom is 0.329 e. The Morgan fingerprint density at radius 3 is 1.13 bits per heavy atom. The summed E-state index contributed by atoms with van der Waals surface area (Å²) in [7, 11) is -14.4. The zero-order valence-corrected chi connectivity index (χ0v) is 9.92. The minimum atomic E-state index is -4.95. The summed E-state index contributed by atoms with van der Waals surface area (Å²) >= 11 is 0. The van der Waals surface area contributed by atoms with Crippen LogP contribution in [0.15, 0.2) is 0 Å². The van der Waals surface area contributed by atoms with Crippen LogP contribution in [0.2, 0.25) is 0 Å². The molecule has 0 aliphatic rings. The van der Waals surface area contributed by atoms with E-state index in [1.54, 1.807) is 0 Å². The summed E-state index contributed by atoms with van der Waals surface area (Å²) < 4.78 is 31.6.